The molecule has 1 aromatic rings. The molecule has 0 aromatic heterocycles. The van der Waals surface area contributed by atoms with Gasteiger partial charge in [-0.25, -0.2) is 12.8 Å². The van der Waals surface area contributed by atoms with Crippen LogP contribution >= 0.6 is 0 Å². The van der Waals surface area contributed by atoms with Crippen molar-refractivity contribution in [2.75, 3.05) is 12.0 Å². The number of alkyl halides is 3. The van der Waals surface area contributed by atoms with Crippen LogP contribution in [0.4, 0.5) is 17.6 Å². The quantitative estimate of drug-likeness (QED) is 0.850. The Kier molecular flexibility index (Phi) is 5.15. The first kappa shape index (κ1) is 16.9. The van der Waals surface area contributed by atoms with Crippen LogP contribution in [0.5, 0.6) is 0 Å². The summed E-state index contributed by atoms with van der Waals surface area (Å²) in [4.78, 5) is 0. The van der Waals surface area contributed by atoms with Crippen molar-refractivity contribution in [3.63, 3.8) is 0 Å². The van der Waals surface area contributed by atoms with Crippen LogP contribution in [0.25, 0.3) is 0 Å². The van der Waals surface area contributed by atoms with Crippen molar-refractivity contribution in [3.05, 3.63) is 35.1 Å². The molecule has 1 unspecified atom stereocenters. The third-order valence-corrected chi connectivity index (χ3v) is 3.72. The number of rotatable bonds is 5. The normalized spacial score (nSPS) is 14.3. The summed E-state index contributed by atoms with van der Waals surface area (Å²) in [5.74, 6) is -1.74. The molecule has 0 aliphatic carbocycles. The van der Waals surface area contributed by atoms with Gasteiger partial charge in [-0.15, -0.1) is 0 Å². The lowest BCUT2D eigenvalue weighted by atomic mass is 10.0. The molecule has 0 aliphatic heterocycles. The lowest BCUT2D eigenvalue weighted by Crippen LogP contribution is -2.12. The monoisotopic (exact) mass is 314 g/mol. The summed E-state index contributed by atoms with van der Waals surface area (Å²) in [6.07, 6.45) is -5.41. The van der Waals surface area contributed by atoms with Crippen LogP contribution < -0.4 is 0 Å². The van der Waals surface area contributed by atoms with E-state index >= 15 is 0 Å². The highest BCUT2D eigenvalue weighted by atomic mass is 32.2. The molecule has 1 atom stereocenters. The Labute approximate surface area is 114 Å². The number of benzene rings is 1. The van der Waals surface area contributed by atoms with Gasteiger partial charge >= 0.3 is 6.18 Å². The molecule has 0 saturated carbocycles. The highest BCUT2D eigenvalue weighted by Crippen LogP contribution is 2.34. The van der Waals surface area contributed by atoms with E-state index in [0.29, 0.717) is 6.07 Å². The van der Waals surface area contributed by atoms with Crippen molar-refractivity contribution in [1.29, 1.82) is 0 Å². The van der Waals surface area contributed by atoms with Gasteiger partial charge in [-0.1, -0.05) is 12.1 Å². The first-order valence-corrected chi connectivity index (χ1v) is 7.80. The number of sulfone groups is 1. The Morgan fingerprint density at radius 3 is 2.40 bits per heavy atom. The van der Waals surface area contributed by atoms with Crippen LogP contribution in [0.3, 0.4) is 0 Å². The van der Waals surface area contributed by atoms with E-state index < -0.39 is 39.1 Å². The molecule has 20 heavy (non-hydrogen) atoms. The molecule has 0 radical (unpaired) electrons. The third kappa shape index (κ3) is 4.75. The van der Waals surface area contributed by atoms with E-state index in [0.717, 1.165) is 18.4 Å². The Morgan fingerprint density at radius 2 is 1.90 bits per heavy atom. The minimum absolute atomic E-state index is 0.0374. The first-order valence-electron chi connectivity index (χ1n) is 5.74. The maximum Gasteiger partial charge on any atom is 0.419 e. The largest absolute Gasteiger partial charge is 0.419 e. The van der Waals surface area contributed by atoms with Crippen LogP contribution in [0.2, 0.25) is 0 Å². The number of aliphatic hydroxyl groups is 1. The summed E-state index contributed by atoms with van der Waals surface area (Å²) >= 11 is 0. The summed E-state index contributed by atoms with van der Waals surface area (Å²) in [6, 6.07) is 2.64. The topological polar surface area (TPSA) is 54.4 Å². The highest BCUT2D eigenvalue weighted by Gasteiger charge is 2.35. The molecular formula is C12H14F4O3S. The van der Waals surface area contributed by atoms with Gasteiger partial charge in [0.05, 0.1) is 11.7 Å². The molecule has 0 amide bonds. The van der Waals surface area contributed by atoms with Crippen molar-refractivity contribution < 1.29 is 31.1 Å². The van der Waals surface area contributed by atoms with E-state index in [4.69, 9.17) is 0 Å². The van der Waals surface area contributed by atoms with E-state index in [1.165, 1.54) is 0 Å². The summed E-state index contributed by atoms with van der Waals surface area (Å²) in [7, 11) is -3.23. The fraction of sp³-hybridized carbons (Fsp3) is 0.500. The Morgan fingerprint density at radius 1 is 1.30 bits per heavy atom. The van der Waals surface area contributed by atoms with Crippen molar-refractivity contribution in [2.45, 2.75) is 25.1 Å². The summed E-state index contributed by atoms with van der Waals surface area (Å²) in [5.41, 5.74) is -1.93. The van der Waals surface area contributed by atoms with E-state index in [1.54, 1.807) is 0 Å². The van der Waals surface area contributed by atoms with Gasteiger partial charge in [0.2, 0.25) is 0 Å². The van der Waals surface area contributed by atoms with Crippen LogP contribution in [-0.2, 0) is 16.0 Å². The second kappa shape index (κ2) is 6.09. The number of aliphatic hydroxyl groups excluding tert-OH is 1. The van der Waals surface area contributed by atoms with Crippen LogP contribution in [0.1, 0.15) is 30.1 Å². The van der Waals surface area contributed by atoms with Crippen LogP contribution in [-0.4, -0.2) is 25.5 Å². The Bertz CT molecular complexity index is 567. The Balaban J connectivity index is 2.86. The second-order valence-corrected chi connectivity index (χ2v) is 6.75. The minimum Gasteiger partial charge on any atom is -0.388 e. The zero-order chi connectivity index (χ0) is 15.6. The van der Waals surface area contributed by atoms with Crippen molar-refractivity contribution in [3.8, 4) is 0 Å². The SMILES string of the molecule is CS(=O)(=O)CCCC(O)c1cccc(C(F)(F)F)c1F. The van der Waals surface area contributed by atoms with Gasteiger partial charge in [-0.05, 0) is 18.9 Å². The molecule has 0 heterocycles. The lowest BCUT2D eigenvalue weighted by molar-refractivity contribution is -0.140. The predicted molar refractivity (Wildman–Crippen MR) is 65.3 cm³/mol. The van der Waals surface area contributed by atoms with E-state index in [9.17, 15) is 31.1 Å². The first-order chi connectivity index (χ1) is 9.02. The molecule has 3 nitrogen and oxygen atoms in total. The number of hydrogen-bond donors (Lipinski definition) is 1. The van der Waals surface area contributed by atoms with Gasteiger partial charge in [0.25, 0.3) is 0 Å². The highest BCUT2D eigenvalue weighted by molar-refractivity contribution is 7.90. The third-order valence-electron chi connectivity index (χ3n) is 2.69. The fourth-order valence-corrected chi connectivity index (χ4v) is 2.41. The molecule has 1 N–H and O–H groups in total. The van der Waals surface area contributed by atoms with Crippen molar-refractivity contribution in [2.24, 2.45) is 0 Å². The van der Waals surface area contributed by atoms with Gasteiger partial charge in [0.1, 0.15) is 15.7 Å². The van der Waals surface area contributed by atoms with E-state index in [1.807, 2.05) is 0 Å². The van der Waals surface area contributed by atoms with Crippen molar-refractivity contribution in [1.82, 2.24) is 0 Å². The zero-order valence-electron chi connectivity index (χ0n) is 10.6. The number of hydrogen-bond acceptors (Lipinski definition) is 3. The fourth-order valence-electron chi connectivity index (χ4n) is 1.72. The van der Waals surface area contributed by atoms with Crippen LogP contribution in [0.15, 0.2) is 18.2 Å². The average Bonchev–Trinajstić information content (AvgIpc) is 2.25. The zero-order valence-corrected chi connectivity index (χ0v) is 11.4. The molecule has 8 heteroatoms. The van der Waals surface area contributed by atoms with Crippen molar-refractivity contribution >= 4 is 9.84 Å². The van der Waals surface area contributed by atoms with Gasteiger partial charge in [0.15, 0.2) is 0 Å². The van der Waals surface area contributed by atoms with Crippen LogP contribution in [0, 0.1) is 5.82 Å². The predicted octanol–water partition coefficient (Wildman–Crippen LogP) is 2.70. The van der Waals surface area contributed by atoms with Gasteiger partial charge in [-0.2, -0.15) is 13.2 Å². The van der Waals surface area contributed by atoms with E-state index in [2.05, 4.69) is 0 Å². The summed E-state index contributed by atoms with van der Waals surface area (Å²) in [6.45, 7) is 0. The number of halogens is 4. The van der Waals surface area contributed by atoms with Gasteiger partial charge in [0, 0.05) is 17.6 Å². The molecular weight excluding hydrogens is 300 g/mol. The molecule has 0 aliphatic rings. The molecule has 0 saturated heterocycles. The molecule has 0 spiro atoms. The summed E-state index contributed by atoms with van der Waals surface area (Å²) < 4.78 is 73.0. The summed E-state index contributed by atoms with van der Waals surface area (Å²) in [5, 5.41) is 9.69. The molecule has 114 valence electrons. The second-order valence-electron chi connectivity index (χ2n) is 4.49. The van der Waals surface area contributed by atoms with Gasteiger partial charge in [-0.3, -0.25) is 0 Å². The maximum absolute atomic E-state index is 13.7. The molecule has 0 bridgehead atoms. The Hall–Kier alpha value is -1.15. The lowest BCUT2D eigenvalue weighted by Gasteiger charge is -2.15. The molecule has 1 rings (SSSR count). The maximum atomic E-state index is 13.7. The minimum atomic E-state index is -4.84. The van der Waals surface area contributed by atoms with Gasteiger partial charge < -0.3 is 5.11 Å². The van der Waals surface area contributed by atoms with E-state index in [-0.39, 0.29) is 18.6 Å². The molecule has 0 fully saturated rings. The standard InChI is InChI=1S/C12H14F4O3S/c1-20(18,19)7-3-6-10(17)8-4-2-5-9(11(8)13)12(14,15)16/h2,4-5,10,17H,3,6-7H2,1H3. The average molecular weight is 314 g/mol. The molecule has 1 aromatic carbocycles. The smallest absolute Gasteiger partial charge is 0.388 e.